The van der Waals surface area contributed by atoms with E-state index < -0.39 is 12.1 Å². The molecule has 1 heterocycles. The Kier molecular flexibility index (Phi) is 5.77. The average Bonchev–Trinajstić information content (AvgIpc) is 2.85. The van der Waals surface area contributed by atoms with E-state index in [0.29, 0.717) is 17.2 Å². The molecule has 0 unspecified atom stereocenters. The lowest BCUT2D eigenvalue weighted by atomic mass is 10.1. The summed E-state index contributed by atoms with van der Waals surface area (Å²) < 4.78 is 11.1. The summed E-state index contributed by atoms with van der Waals surface area (Å²) in [5.41, 5.74) is 0.393. The van der Waals surface area contributed by atoms with Gasteiger partial charge in [0.15, 0.2) is 0 Å². The second-order valence-corrected chi connectivity index (χ2v) is 5.69. The van der Waals surface area contributed by atoms with Crippen LogP contribution in [0.4, 0.5) is 9.80 Å². The topological polar surface area (TPSA) is 64.6 Å². The number of rotatable bonds is 6. The second kappa shape index (κ2) is 7.79. The minimum atomic E-state index is -0.573. The highest BCUT2D eigenvalue weighted by atomic mass is 32.1. The van der Waals surface area contributed by atoms with Crippen molar-refractivity contribution >= 4 is 38.5 Å². The van der Waals surface area contributed by atoms with E-state index in [1.807, 2.05) is 31.2 Å². The van der Waals surface area contributed by atoms with E-state index in [9.17, 15) is 9.59 Å². The number of hydrogen-bond acceptors (Lipinski definition) is 5. The molecule has 0 aliphatic rings. The fraction of sp³-hybridized carbons (Fsp3) is 0.375. The van der Waals surface area contributed by atoms with Gasteiger partial charge in [0.05, 0.1) is 13.2 Å². The Bertz CT molecular complexity index is 665. The molecule has 0 saturated heterocycles. The molecule has 118 valence electrons. The van der Waals surface area contributed by atoms with Crippen LogP contribution in [0.3, 0.4) is 0 Å². The van der Waals surface area contributed by atoms with Crippen LogP contribution in [0.1, 0.15) is 37.0 Å². The summed E-state index contributed by atoms with van der Waals surface area (Å²) >= 11 is 1.33. The molecule has 0 saturated carbocycles. The normalized spacial score (nSPS) is 10.5. The van der Waals surface area contributed by atoms with Crippen molar-refractivity contribution in [2.45, 2.75) is 26.7 Å². The Labute approximate surface area is 133 Å². The monoisotopic (exact) mass is 321 g/mol. The molecule has 22 heavy (non-hydrogen) atoms. The quantitative estimate of drug-likeness (QED) is 0.631. The van der Waals surface area contributed by atoms with Crippen LogP contribution in [0.25, 0.3) is 10.1 Å². The molecule has 2 rings (SSSR count). The van der Waals surface area contributed by atoms with Gasteiger partial charge in [-0.2, -0.15) is 0 Å². The predicted molar refractivity (Wildman–Crippen MR) is 87.7 cm³/mol. The number of nitrogens with one attached hydrogen (secondary N) is 1. The first kappa shape index (κ1) is 16.3. The lowest BCUT2D eigenvalue weighted by Gasteiger charge is -2.07. The van der Waals surface area contributed by atoms with Crippen LogP contribution in [0, 0.1) is 0 Å². The van der Waals surface area contributed by atoms with E-state index in [1.54, 1.807) is 6.92 Å². The molecular formula is C16H19NO4S. The Morgan fingerprint density at radius 3 is 2.68 bits per heavy atom. The first-order valence-corrected chi connectivity index (χ1v) is 8.11. The van der Waals surface area contributed by atoms with E-state index >= 15 is 0 Å². The third kappa shape index (κ3) is 3.76. The Hall–Kier alpha value is -2.08. The van der Waals surface area contributed by atoms with Crippen LogP contribution < -0.4 is 5.32 Å². The number of fused-ring (bicyclic) bond motifs is 1. The van der Waals surface area contributed by atoms with Crippen molar-refractivity contribution in [2.24, 2.45) is 0 Å². The Morgan fingerprint density at radius 1 is 1.18 bits per heavy atom. The van der Waals surface area contributed by atoms with Gasteiger partial charge >= 0.3 is 12.1 Å². The Balaban J connectivity index is 2.31. The van der Waals surface area contributed by atoms with Crippen molar-refractivity contribution in [3.63, 3.8) is 0 Å². The molecule has 2 aromatic rings. The van der Waals surface area contributed by atoms with E-state index in [4.69, 9.17) is 9.47 Å². The highest BCUT2D eigenvalue weighted by Crippen LogP contribution is 2.36. The maximum absolute atomic E-state index is 12.3. The van der Waals surface area contributed by atoms with Crippen LogP contribution >= 0.6 is 11.3 Å². The number of ether oxygens (including phenoxy) is 2. The summed E-state index contributed by atoms with van der Waals surface area (Å²) in [5, 5.41) is 3.87. The van der Waals surface area contributed by atoms with Gasteiger partial charge in [-0.25, -0.2) is 9.59 Å². The SMILES string of the molecule is CCCCOC(=O)c1c(NC(=O)OCC)sc2ccccc12. The van der Waals surface area contributed by atoms with Crippen LogP contribution in [-0.4, -0.2) is 25.3 Å². The minimum absolute atomic E-state index is 0.271. The van der Waals surface area contributed by atoms with E-state index in [-0.39, 0.29) is 6.61 Å². The van der Waals surface area contributed by atoms with Gasteiger partial charge in [0, 0.05) is 10.1 Å². The number of amides is 1. The van der Waals surface area contributed by atoms with Gasteiger partial charge in [0.1, 0.15) is 10.6 Å². The number of carbonyl (C=O) groups is 2. The zero-order valence-electron chi connectivity index (χ0n) is 12.7. The highest BCUT2D eigenvalue weighted by Gasteiger charge is 2.21. The second-order valence-electron chi connectivity index (χ2n) is 4.64. The number of thiophene rings is 1. The van der Waals surface area contributed by atoms with Gasteiger partial charge < -0.3 is 9.47 Å². The fourth-order valence-corrected chi connectivity index (χ4v) is 3.05. The maximum atomic E-state index is 12.3. The largest absolute Gasteiger partial charge is 0.462 e. The van der Waals surface area contributed by atoms with E-state index in [1.165, 1.54) is 11.3 Å². The van der Waals surface area contributed by atoms with Gasteiger partial charge in [0.2, 0.25) is 0 Å². The number of esters is 1. The average molecular weight is 321 g/mol. The van der Waals surface area contributed by atoms with Crippen LogP contribution in [0.2, 0.25) is 0 Å². The molecule has 1 aromatic carbocycles. The van der Waals surface area contributed by atoms with Crippen molar-refractivity contribution in [3.05, 3.63) is 29.8 Å². The smallest absolute Gasteiger partial charge is 0.412 e. The summed E-state index contributed by atoms with van der Waals surface area (Å²) in [6, 6.07) is 7.49. The molecule has 5 nitrogen and oxygen atoms in total. The molecule has 0 atom stereocenters. The molecule has 1 N–H and O–H groups in total. The van der Waals surface area contributed by atoms with Crippen molar-refractivity contribution in [2.75, 3.05) is 18.5 Å². The first-order valence-electron chi connectivity index (χ1n) is 7.29. The summed E-state index contributed by atoms with van der Waals surface area (Å²) in [6.07, 6.45) is 1.19. The molecular weight excluding hydrogens is 302 g/mol. The number of unbranched alkanes of at least 4 members (excludes halogenated alkanes) is 1. The van der Waals surface area contributed by atoms with Crippen molar-refractivity contribution in [1.29, 1.82) is 0 Å². The number of benzene rings is 1. The van der Waals surface area contributed by atoms with E-state index in [0.717, 1.165) is 22.9 Å². The van der Waals surface area contributed by atoms with Gasteiger partial charge in [0.25, 0.3) is 0 Å². The molecule has 0 aliphatic carbocycles. The van der Waals surface area contributed by atoms with E-state index in [2.05, 4.69) is 5.32 Å². The zero-order chi connectivity index (χ0) is 15.9. The van der Waals surface area contributed by atoms with Crippen molar-refractivity contribution in [3.8, 4) is 0 Å². The summed E-state index contributed by atoms with van der Waals surface area (Å²) in [4.78, 5) is 24.0. The number of carbonyl (C=O) groups excluding carboxylic acids is 2. The molecule has 6 heteroatoms. The van der Waals surface area contributed by atoms with Crippen molar-refractivity contribution < 1.29 is 19.1 Å². The van der Waals surface area contributed by atoms with Gasteiger partial charge in [-0.15, -0.1) is 11.3 Å². The lowest BCUT2D eigenvalue weighted by molar-refractivity contribution is 0.0503. The lowest BCUT2D eigenvalue weighted by Crippen LogP contribution is -2.15. The molecule has 1 amide bonds. The van der Waals surface area contributed by atoms with Gasteiger partial charge in [-0.1, -0.05) is 31.5 Å². The third-order valence-corrected chi connectivity index (χ3v) is 4.11. The molecule has 0 spiro atoms. The summed E-state index contributed by atoms with van der Waals surface area (Å²) in [5.74, 6) is -0.419. The maximum Gasteiger partial charge on any atom is 0.412 e. The molecule has 1 aromatic heterocycles. The molecule has 0 radical (unpaired) electrons. The Morgan fingerprint density at radius 2 is 1.95 bits per heavy atom. The molecule has 0 bridgehead atoms. The van der Waals surface area contributed by atoms with Crippen molar-refractivity contribution in [1.82, 2.24) is 0 Å². The third-order valence-electron chi connectivity index (χ3n) is 3.02. The zero-order valence-corrected chi connectivity index (χ0v) is 13.5. The van der Waals surface area contributed by atoms with Crippen LogP contribution in [-0.2, 0) is 9.47 Å². The van der Waals surface area contributed by atoms with Crippen LogP contribution in [0.15, 0.2) is 24.3 Å². The highest BCUT2D eigenvalue weighted by molar-refractivity contribution is 7.23. The fourth-order valence-electron chi connectivity index (χ4n) is 1.98. The first-order chi connectivity index (χ1) is 10.7. The number of anilines is 1. The summed E-state index contributed by atoms with van der Waals surface area (Å²) in [7, 11) is 0. The molecule has 0 aliphatic heterocycles. The van der Waals surface area contributed by atoms with Crippen LogP contribution in [0.5, 0.6) is 0 Å². The number of hydrogen-bond donors (Lipinski definition) is 1. The summed E-state index contributed by atoms with van der Waals surface area (Å²) in [6.45, 7) is 4.40. The predicted octanol–water partition coefficient (Wildman–Crippen LogP) is 4.43. The molecule has 0 fully saturated rings. The standard InChI is InChI=1S/C16H19NO4S/c1-3-5-10-21-15(18)13-11-8-6-7-9-12(11)22-14(13)17-16(19)20-4-2/h6-9H,3-5,10H2,1-2H3,(H,17,19). The van der Waals surface area contributed by atoms with Gasteiger partial charge in [-0.3, -0.25) is 5.32 Å². The van der Waals surface area contributed by atoms with Gasteiger partial charge in [-0.05, 0) is 19.4 Å². The minimum Gasteiger partial charge on any atom is -0.462 e.